The zero-order valence-electron chi connectivity index (χ0n) is 9.34. The van der Waals surface area contributed by atoms with Crippen molar-refractivity contribution in [2.45, 2.75) is 36.4 Å². The summed E-state index contributed by atoms with van der Waals surface area (Å²) in [5.41, 5.74) is 0. The van der Waals surface area contributed by atoms with Crippen LogP contribution in [0.2, 0.25) is 0 Å². The summed E-state index contributed by atoms with van der Waals surface area (Å²) in [6.45, 7) is 1.58. The third-order valence-electron chi connectivity index (χ3n) is 6.14. The van der Waals surface area contributed by atoms with Crippen molar-refractivity contribution in [3.05, 3.63) is 0 Å². The van der Waals surface area contributed by atoms with Crippen molar-refractivity contribution in [3.63, 3.8) is 0 Å². The quantitative estimate of drug-likeness (QED) is 0.514. The van der Waals surface area contributed by atoms with E-state index in [1.54, 1.807) is 6.92 Å². The van der Waals surface area contributed by atoms with Crippen LogP contribution in [0.5, 0.6) is 0 Å². The van der Waals surface area contributed by atoms with E-state index in [-0.39, 0.29) is 5.97 Å². The van der Waals surface area contributed by atoms with Gasteiger partial charge in [-0.25, -0.2) is 0 Å². The fourth-order valence-corrected chi connectivity index (χ4v) is 8.54. The van der Waals surface area contributed by atoms with Crippen LogP contribution >= 0.6 is 11.8 Å². The van der Waals surface area contributed by atoms with E-state index in [2.05, 4.69) is 11.8 Å². The first-order valence-electron chi connectivity index (χ1n) is 6.60. The van der Waals surface area contributed by atoms with E-state index < -0.39 is 0 Å². The highest BCUT2D eigenvalue weighted by atomic mass is 32.2. The molecule has 1 saturated heterocycles. The van der Waals surface area contributed by atoms with E-state index >= 15 is 0 Å². The third kappa shape index (κ3) is 0.704. The molecule has 9 atom stereocenters. The average molecular weight is 236 g/mol. The summed E-state index contributed by atoms with van der Waals surface area (Å²) in [6, 6.07) is 0. The number of carbonyl (C=O) groups is 1. The molecule has 1 heterocycles. The van der Waals surface area contributed by atoms with Crippen molar-refractivity contribution in [1.82, 2.24) is 0 Å². The molecule has 4 fully saturated rings. The van der Waals surface area contributed by atoms with E-state index in [0.29, 0.717) is 6.10 Å². The van der Waals surface area contributed by atoms with Gasteiger partial charge in [0.2, 0.25) is 0 Å². The van der Waals surface area contributed by atoms with Crippen molar-refractivity contribution in [1.29, 1.82) is 0 Å². The molecular weight excluding hydrogens is 220 g/mol. The lowest BCUT2D eigenvalue weighted by atomic mass is 9.50. The molecule has 9 unspecified atom stereocenters. The number of rotatable bonds is 1. The van der Waals surface area contributed by atoms with Crippen LogP contribution in [0, 0.1) is 35.5 Å². The predicted octanol–water partition coefficient (Wildman–Crippen LogP) is 1.93. The van der Waals surface area contributed by atoms with E-state index in [1.807, 2.05) is 0 Å². The molecule has 0 spiro atoms. The second kappa shape index (κ2) is 2.47. The zero-order valence-corrected chi connectivity index (χ0v) is 10.2. The number of hydrogen-bond donors (Lipinski definition) is 0. The molecule has 0 bridgehead atoms. The van der Waals surface area contributed by atoms with Crippen LogP contribution < -0.4 is 0 Å². The van der Waals surface area contributed by atoms with Gasteiger partial charge < -0.3 is 4.74 Å². The van der Waals surface area contributed by atoms with Crippen molar-refractivity contribution < 1.29 is 9.53 Å². The number of hydrogen-bond acceptors (Lipinski definition) is 3. The van der Waals surface area contributed by atoms with Gasteiger partial charge in [-0.2, -0.15) is 11.8 Å². The molecule has 0 aromatic rings. The zero-order chi connectivity index (χ0) is 10.6. The fourth-order valence-electron chi connectivity index (χ4n) is 6.03. The largest absolute Gasteiger partial charge is 0.462 e. The van der Waals surface area contributed by atoms with Crippen LogP contribution in [-0.2, 0) is 9.53 Å². The van der Waals surface area contributed by atoms with E-state index in [4.69, 9.17) is 4.74 Å². The molecule has 2 nitrogen and oxygen atoms in total. The molecule has 0 N–H and O–H groups in total. The molecule has 3 heteroatoms. The Hall–Kier alpha value is -0.180. The first kappa shape index (κ1) is 8.84. The van der Waals surface area contributed by atoms with Crippen LogP contribution in [0.1, 0.15) is 19.8 Å². The van der Waals surface area contributed by atoms with Crippen molar-refractivity contribution in [2.24, 2.45) is 35.5 Å². The lowest BCUT2D eigenvalue weighted by molar-refractivity contribution is -0.152. The van der Waals surface area contributed by atoms with Gasteiger partial charge in [0.1, 0.15) is 6.10 Å². The van der Waals surface area contributed by atoms with Crippen LogP contribution in [0.3, 0.4) is 0 Å². The van der Waals surface area contributed by atoms with Gasteiger partial charge in [-0.15, -0.1) is 0 Å². The van der Waals surface area contributed by atoms with Crippen LogP contribution in [0.15, 0.2) is 0 Å². The Kier molecular flexibility index (Phi) is 1.37. The van der Waals surface area contributed by atoms with Gasteiger partial charge in [0.25, 0.3) is 0 Å². The highest BCUT2D eigenvalue weighted by molar-refractivity contribution is 8.01. The Balaban J connectivity index is 1.60. The van der Waals surface area contributed by atoms with Crippen LogP contribution in [0.4, 0.5) is 0 Å². The maximum Gasteiger partial charge on any atom is 0.302 e. The minimum absolute atomic E-state index is 0.0544. The van der Waals surface area contributed by atoms with Crippen LogP contribution in [0.25, 0.3) is 0 Å². The monoisotopic (exact) mass is 236 g/mol. The van der Waals surface area contributed by atoms with Gasteiger partial charge in [-0.05, 0) is 36.5 Å². The van der Waals surface area contributed by atoms with Gasteiger partial charge >= 0.3 is 5.97 Å². The van der Waals surface area contributed by atoms with Gasteiger partial charge in [0.15, 0.2) is 0 Å². The van der Waals surface area contributed by atoms with Gasteiger partial charge in [0.05, 0.1) is 0 Å². The summed E-state index contributed by atoms with van der Waals surface area (Å²) < 4.78 is 5.68. The Morgan fingerprint density at radius 1 is 1.06 bits per heavy atom. The average Bonchev–Trinajstić information content (AvgIpc) is 2.54. The SMILES string of the molecule is CC(=O)OC1C2C3CCC4C2SC2C4C3C12. The molecule has 86 valence electrons. The summed E-state index contributed by atoms with van der Waals surface area (Å²) in [5, 5.41) is 1.72. The van der Waals surface area contributed by atoms with Gasteiger partial charge in [-0.1, -0.05) is 0 Å². The maximum absolute atomic E-state index is 11.2. The first-order chi connectivity index (χ1) is 7.77. The summed E-state index contributed by atoms with van der Waals surface area (Å²) >= 11 is 2.26. The van der Waals surface area contributed by atoms with Crippen molar-refractivity contribution in [2.75, 3.05) is 0 Å². The molecule has 16 heavy (non-hydrogen) atoms. The highest BCUT2D eigenvalue weighted by Crippen LogP contribution is 2.80. The second-order valence-electron chi connectivity index (χ2n) is 6.35. The number of carbonyl (C=O) groups excluding carboxylic acids is 1. The number of ether oxygens (including phenoxy) is 1. The second-order valence-corrected chi connectivity index (χ2v) is 7.71. The van der Waals surface area contributed by atoms with E-state index in [0.717, 1.165) is 46.0 Å². The van der Waals surface area contributed by atoms with E-state index in [1.165, 1.54) is 12.8 Å². The molecular formula is C13H16O2S. The lowest BCUT2D eigenvalue weighted by Crippen LogP contribution is -2.54. The summed E-state index contributed by atoms with van der Waals surface area (Å²) in [4.78, 5) is 11.2. The molecule has 0 amide bonds. The Morgan fingerprint density at radius 3 is 2.69 bits per heavy atom. The summed E-state index contributed by atoms with van der Waals surface area (Å²) in [6.07, 6.45) is 3.20. The molecule has 0 aromatic carbocycles. The molecule has 0 aromatic heterocycles. The highest BCUT2D eigenvalue weighted by Gasteiger charge is 2.79. The standard InChI is InChI=1S/C13H16O2S/c1-4(14)15-11-9-5-2-3-6-8-7(5)10(11)13(8)16-12(6)9/h5-13H,2-3H2,1H3. The van der Waals surface area contributed by atoms with Gasteiger partial charge in [0, 0.05) is 29.3 Å². The minimum atomic E-state index is -0.0544. The van der Waals surface area contributed by atoms with Gasteiger partial charge in [-0.3, -0.25) is 4.79 Å². The molecule has 3 aliphatic carbocycles. The Morgan fingerprint density at radius 2 is 1.88 bits per heavy atom. The molecule has 1 aliphatic heterocycles. The van der Waals surface area contributed by atoms with Crippen molar-refractivity contribution >= 4 is 17.7 Å². The van der Waals surface area contributed by atoms with Crippen LogP contribution in [-0.4, -0.2) is 22.6 Å². The fraction of sp³-hybridized carbons (Fsp3) is 0.923. The third-order valence-corrected chi connectivity index (χ3v) is 8.06. The minimum Gasteiger partial charge on any atom is -0.462 e. The normalized spacial score (nSPS) is 67.2. The molecule has 4 aliphatic rings. The Labute approximate surface area is 99.5 Å². The molecule has 3 saturated carbocycles. The van der Waals surface area contributed by atoms with E-state index in [9.17, 15) is 4.79 Å². The molecule has 4 rings (SSSR count). The summed E-state index contributed by atoms with van der Waals surface area (Å²) in [7, 11) is 0. The smallest absolute Gasteiger partial charge is 0.302 e. The topological polar surface area (TPSA) is 26.3 Å². The summed E-state index contributed by atoms with van der Waals surface area (Å²) in [5.74, 6) is 5.31. The molecule has 0 radical (unpaired) electrons. The predicted molar refractivity (Wildman–Crippen MR) is 60.9 cm³/mol. The number of esters is 1. The van der Waals surface area contributed by atoms with Crippen molar-refractivity contribution in [3.8, 4) is 0 Å². The number of fused-ring (bicyclic) bond motifs is 9. The maximum atomic E-state index is 11.2. The first-order valence-corrected chi connectivity index (χ1v) is 7.54. The number of thioether (sulfide) groups is 1. The Bertz CT molecular complexity index is 391. The lowest BCUT2D eigenvalue weighted by Gasteiger charge is -2.53.